The largest absolute Gasteiger partial charge is 0.330 e. The van der Waals surface area contributed by atoms with Crippen LogP contribution in [0.15, 0.2) is 0 Å². The average Bonchev–Trinajstić information content (AvgIpc) is 1.95. The van der Waals surface area contributed by atoms with Crippen LogP contribution in [-0.2, 0) is 9.59 Å². The van der Waals surface area contributed by atoms with Gasteiger partial charge in [0.25, 0.3) is 0 Å². The van der Waals surface area contributed by atoms with E-state index in [-0.39, 0.29) is 11.8 Å². The molecule has 1 fully saturated rings. The maximum absolute atomic E-state index is 11.3. The average molecular weight is 198 g/mol. The first-order chi connectivity index (χ1) is 6.29. The van der Waals surface area contributed by atoms with Gasteiger partial charge in [-0.3, -0.25) is 19.8 Å². The van der Waals surface area contributed by atoms with Crippen molar-refractivity contribution < 1.29 is 14.4 Å². The van der Waals surface area contributed by atoms with Gasteiger partial charge in [-0.25, -0.2) is 4.79 Å². The van der Waals surface area contributed by atoms with E-state index in [0.29, 0.717) is 6.54 Å². The van der Waals surface area contributed by atoms with Gasteiger partial charge in [-0.05, 0) is 5.41 Å². The predicted octanol–water partition coefficient (Wildman–Crippen LogP) is 0.501. The minimum Gasteiger partial charge on any atom is -0.277 e. The molecule has 0 aromatic rings. The van der Waals surface area contributed by atoms with Gasteiger partial charge in [0.1, 0.15) is 6.42 Å². The highest BCUT2D eigenvalue weighted by atomic mass is 16.2. The maximum atomic E-state index is 11.3. The summed E-state index contributed by atoms with van der Waals surface area (Å²) in [4.78, 5) is 34.5. The number of nitrogens with one attached hydrogen (secondary N) is 1. The molecule has 0 unspecified atom stereocenters. The molecule has 1 saturated heterocycles. The summed E-state index contributed by atoms with van der Waals surface area (Å²) in [6.45, 7) is 6.09. The molecular weight excluding hydrogens is 184 g/mol. The molecule has 0 aliphatic carbocycles. The van der Waals surface area contributed by atoms with Gasteiger partial charge < -0.3 is 0 Å². The number of imide groups is 2. The van der Waals surface area contributed by atoms with E-state index >= 15 is 0 Å². The summed E-state index contributed by atoms with van der Waals surface area (Å²) in [6, 6.07) is -0.610. The lowest BCUT2D eigenvalue weighted by Crippen LogP contribution is -2.54. The van der Waals surface area contributed by atoms with Crippen LogP contribution in [0.3, 0.4) is 0 Å². The Bertz CT molecular complexity index is 271. The lowest BCUT2D eigenvalue weighted by Gasteiger charge is -2.30. The number of nitrogens with zero attached hydrogens (tertiary/aromatic N) is 1. The zero-order chi connectivity index (χ0) is 10.9. The molecule has 1 N–H and O–H groups in total. The molecule has 0 saturated carbocycles. The van der Waals surface area contributed by atoms with E-state index < -0.39 is 17.8 Å². The first kappa shape index (κ1) is 10.7. The smallest absolute Gasteiger partial charge is 0.277 e. The molecule has 5 nitrogen and oxygen atoms in total. The Morgan fingerprint density at radius 2 is 1.86 bits per heavy atom. The number of rotatable bonds is 1. The van der Waals surface area contributed by atoms with Crippen LogP contribution in [0.1, 0.15) is 27.2 Å². The molecule has 0 aromatic carbocycles. The van der Waals surface area contributed by atoms with Gasteiger partial charge in [0, 0.05) is 6.54 Å². The SMILES string of the molecule is CC(C)(C)CN1C(=O)CC(=O)NC1=O. The Hall–Kier alpha value is -1.39. The Kier molecular flexibility index (Phi) is 2.59. The third kappa shape index (κ3) is 2.55. The Morgan fingerprint density at radius 1 is 1.29 bits per heavy atom. The van der Waals surface area contributed by atoms with E-state index in [1.54, 1.807) is 0 Å². The highest BCUT2D eigenvalue weighted by Crippen LogP contribution is 2.17. The number of barbiturate groups is 1. The maximum Gasteiger partial charge on any atom is 0.330 e. The van der Waals surface area contributed by atoms with Gasteiger partial charge in [-0.1, -0.05) is 20.8 Å². The van der Waals surface area contributed by atoms with Gasteiger partial charge in [0.05, 0.1) is 0 Å². The van der Waals surface area contributed by atoms with Gasteiger partial charge in [-0.15, -0.1) is 0 Å². The van der Waals surface area contributed by atoms with Crippen molar-refractivity contribution in [2.24, 2.45) is 5.41 Å². The van der Waals surface area contributed by atoms with Crippen molar-refractivity contribution in [1.82, 2.24) is 10.2 Å². The lowest BCUT2D eigenvalue weighted by atomic mass is 9.96. The quantitative estimate of drug-likeness (QED) is 0.624. The molecule has 5 heteroatoms. The minimum absolute atomic E-state index is 0.159. The van der Waals surface area contributed by atoms with E-state index in [9.17, 15) is 14.4 Å². The number of amides is 4. The Balaban J connectivity index is 2.73. The fourth-order valence-corrected chi connectivity index (χ4v) is 1.21. The van der Waals surface area contributed by atoms with Crippen LogP contribution in [0.25, 0.3) is 0 Å². The fourth-order valence-electron chi connectivity index (χ4n) is 1.21. The summed E-state index contributed by atoms with van der Waals surface area (Å²) in [7, 11) is 0. The van der Waals surface area contributed by atoms with Crippen molar-refractivity contribution in [3.8, 4) is 0 Å². The molecule has 1 aliphatic rings. The fraction of sp³-hybridized carbons (Fsp3) is 0.667. The molecule has 1 heterocycles. The topological polar surface area (TPSA) is 66.5 Å². The van der Waals surface area contributed by atoms with E-state index in [4.69, 9.17) is 0 Å². The van der Waals surface area contributed by atoms with E-state index in [2.05, 4.69) is 5.32 Å². The van der Waals surface area contributed by atoms with Crippen molar-refractivity contribution in [2.75, 3.05) is 6.54 Å². The second-order valence-corrected chi connectivity index (χ2v) is 4.57. The number of carbonyl (C=O) groups excluding carboxylic acids is 3. The predicted molar refractivity (Wildman–Crippen MR) is 49.3 cm³/mol. The van der Waals surface area contributed by atoms with Crippen molar-refractivity contribution in [2.45, 2.75) is 27.2 Å². The molecule has 0 atom stereocenters. The molecule has 0 spiro atoms. The van der Waals surface area contributed by atoms with Crippen molar-refractivity contribution in [1.29, 1.82) is 0 Å². The van der Waals surface area contributed by atoms with Crippen LogP contribution in [0.2, 0.25) is 0 Å². The molecular formula is C9H14N2O3. The lowest BCUT2D eigenvalue weighted by molar-refractivity contribution is -0.137. The molecule has 0 bridgehead atoms. The summed E-state index contributed by atoms with van der Waals surface area (Å²) in [5.74, 6) is -0.946. The Morgan fingerprint density at radius 3 is 2.29 bits per heavy atom. The van der Waals surface area contributed by atoms with Crippen LogP contribution in [-0.4, -0.2) is 29.3 Å². The summed E-state index contributed by atoms with van der Waals surface area (Å²) < 4.78 is 0. The first-order valence-corrected chi connectivity index (χ1v) is 4.44. The highest BCUT2D eigenvalue weighted by Gasteiger charge is 2.33. The third-order valence-corrected chi connectivity index (χ3v) is 1.74. The zero-order valence-corrected chi connectivity index (χ0v) is 8.59. The van der Waals surface area contributed by atoms with Gasteiger partial charge in [0.2, 0.25) is 11.8 Å². The molecule has 1 aliphatic heterocycles. The van der Waals surface area contributed by atoms with Crippen LogP contribution in [0, 0.1) is 5.41 Å². The molecule has 4 amide bonds. The van der Waals surface area contributed by atoms with Crippen LogP contribution < -0.4 is 5.32 Å². The van der Waals surface area contributed by atoms with Crippen molar-refractivity contribution >= 4 is 17.8 Å². The molecule has 0 radical (unpaired) electrons. The second kappa shape index (κ2) is 3.40. The summed E-state index contributed by atoms with van der Waals surface area (Å²) in [5, 5.41) is 2.11. The van der Waals surface area contributed by atoms with Crippen molar-refractivity contribution in [3.63, 3.8) is 0 Å². The zero-order valence-electron chi connectivity index (χ0n) is 8.59. The number of hydrogen-bond donors (Lipinski definition) is 1. The van der Waals surface area contributed by atoms with Crippen LogP contribution in [0.5, 0.6) is 0 Å². The molecule has 1 rings (SSSR count). The van der Waals surface area contributed by atoms with E-state index in [1.165, 1.54) is 0 Å². The standard InChI is InChI=1S/C9H14N2O3/c1-9(2,3)5-11-7(13)4-6(12)10-8(11)14/h4-5H2,1-3H3,(H,10,12,14). The van der Waals surface area contributed by atoms with Gasteiger partial charge in [-0.2, -0.15) is 0 Å². The summed E-state index contributed by atoms with van der Waals surface area (Å²) in [6.07, 6.45) is -0.234. The van der Waals surface area contributed by atoms with Crippen LogP contribution in [0.4, 0.5) is 4.79 Å². The second-order valence-electron chi connectivity index (χ2n) is 4.57. The summed E-state index contributed by atoms with van der Waals surface area (Å²) >= 11 is 0. The Labute approximate surface area is 82.4 Å². The number of carbonyl (C=O) groups is 3. The number of urea groups is 1. The van der Waals surface area contributed by atoms with E-state index in [1.807, 2.05) is 20.8 Å². The summed E-state index contributed by atoms with van der Waals surface area (Å²) in [5.41, 5.74) is -0.159. The normalized spacial score (nSPS) is 18.5. The first-order valence-electron chi connectivity index (χ1n) is 4.44. The molecule has 0 aromatic heterocycles. The number of hydrogen-bond acceptors (Lipinski definition) is 3. The van der Waals surface area contributed by atoms with Gasteiger partial charge in [0.15, 0.2) is 0 Å². The minimum atomic E-state index is -0.610. The van der Waals surface area contributed by atoms with Crippen molar-refractivity contribution in [3.05, 3.63) is 0 Å². The monoisotopic (exact) mass is 198 g/mol. The van der Waals surface area contributed by atoms with Crippen LogP contribution >= 0.6 is 0 Å². The highest BCUT2D eigenvalue weighted by molar-refractivity contribution is 6.14. The molecule has 78 valence electrons. The molecule has 14 heavy (non-hydrogen) atoms. The third-order valence-electron chi connectivity index (χ3n) is 1.74. The van der Waals surface area contributed by atoms with E-state index in [0.717, 1.165) is 4.90 Å². The van der Waals surface area contributed by atoms with Gasteiger partial charge >= 0.3 is 6.03 Å².